The topological polar surface area (TPSA) is 75.7 Å². The number of carbonyl (C=O) groups is 1. The molecule has 1 heterocycles. The Morgan fingerprint density at radius 1 is 1.22 bits per heavy atom. The van der Waals surface area contributed by atoms with Crippen LogP contribution in [0.4, 0.5) is 23.2 Å². The zero-order valence-corrected chi connectivity index (χ0v) is 18.3. The predicted octanol–water partition coefficient (Wildman–Crippen LogP) is 4.55. The molecule has 3 rings (SSSR count). The van der Waals surface area contributed by atoms with Crippen LogP contribution in [-0.4, -0.2) is 38.8 Å². The Bertz CT molecular complexity index is 1130. The summed E-state index contributed by atoms with van der Waals surface area (Å²) in [5.74, 6) is -2.85. The van der Waals surface area contributed by atoms with Crippen molar-refractivity contribution in [2.45, 2.75) is 23.9 Å². The maximum Gasteiger partial charge on any atom is 0.419 e. The van der Waals surface area contributed by atoms with Gasteiger partial charge in [0, 0.05) is 23.8 Å². The molecule has 1 aliphatic heterocycles. The molecule has 0 spiro atoms. The van der Waals surface area contributed by atoms with Gasteiger partial charge in [-0.1, -0.05) is 11.6 Å². The third-order valence-corrected chi connectivity index (χ3v) is 7.16. The van der Waals surface area contributed by atoms with Crippen molar-refractivity contribution < 1.29 is 35.5 Å². The summed E-state index contributed by atoms with van der Waals surface area (Å²) in [7, 11) is -2.74. The predicted molar refractivity (Wildman–Crippen MR) is 110 cm³/mol. The molecule has 12 heteroatoms. The first kappa shape index (κ1) is 24.3. The number of rotatable bonds is 5. The van der Waals surface area contributed by atoms with Crippen molar-refractivity contribution in [3.05, 3.63) is 52.8 Å². The van der Waals surface area contributed by atoms with Crippen LogP contribution in [0, 0.1) is 11.7 Å². The van der Waals surface area contributed by atoms with E-state index in [1.54, 1.807) is 0 Å². The molecule has 0 saturated carbocycles. The smallest absolute Gasteiger partial charge is 0.419 e. The lowest BCUT2D eigenvalue weighted by Gasteiger charge is -2.31. The molecule has 6 nitrogen and oxygen atoms in total. The molecule has 0 radical (unpaired) electrons. The maximum atomic E-state index is 13.5. The summed E-state index contributed by atoms with van der Waals surface area (Å²) in [6, 6.07) is 6.26. The van der Waals surface area contributed by atoms with E-state index in [2.05, 4.69) is 5.32 Å². The molecule has 1 amide bonds. The van der Waals surface area contributed by atoms with E-state index in [-0.39, 0.29) is 34.4 Å². The van der Waals surface area contributed by atoms with Gasteiger partial charge in [0.1, 0.15) is 16.5 Å². The molecule has 32 heavy (non-hydrogen) atoms. The van der Waals surface area contributed by atoms with Crippen LogP contribution >= 0.6 is 11.6 Å². The number of carbonyl (C=O) groups excluding carboxylic acids is 1. The second-order valence-corrected chi connectivity index (χ2v) is 9.52. The van der Waals surface area contributed by atoms with Gasteiger partial charge in [0.25, 0.3) is 0 Å². The van der Waals surface area contributed by atoms with Gasteiger partial charge in [-0.2, -0.15) is 17.5 Å². The summed E-state index contributed by atoms with van der Waals surface area (Å²) in [5.41, 5.74) is -1.74. The lowest BCUT2D eigenvalue weighted by Crippen LogP contribution is -2.43. The van der Waals surface area contributed by atoms with Crippen LogP contribution in [0.15, 0.2) is 41.3 Å². The normalized spacial score (nSPS) is 17.8. The lowest BCUT2D eigenvalue weighted by molar-refractivity contribution is -0.140. The molecule has 1 aliphatic rings. The summed E-state index contributed by atoms with van der Waals surface area (Å²) in [4.78, 5) is 12.5. The van der Waals surface area contributed by atoms with Gasteiger partial charge in [-0.25, -0.2) is 12.8 Å². The van der Waals surface area contributed by atoms with E-state index in [1.165, 1.54) is 25.3 Å². The Hall–Kier alpha value is -2.37. The minimum absolute atomic E-state index is 0.0898. The highest BCUT2D eigenvalue weighted by Crippen LogP contribution is 2.34. The van der Waals surface area contributed by atoms with Gasteiger partial charge >= 0.3 is 6.18 Å². The van der Waals surface area contributed by atoms with E-state index in [4.69, 9.17) is 16.3 Å². The summed E-state index contributed by atoms with van der Waals surface area (Å²) < 4.78 is 84.7. The quantitative estimate of drug-likeness (QED) is 0.619. The van der Waals surface area contributed by atoms with Gasteiger partial charge in [-0.05, 0) is 49.2 Å². The molecular formula is C20H19ClF4N2O4S. The number of hydrogen-bond acceptors (Lipinski definition) is 4. The molecule has 0 bridgehead atoms. The number of amides is 1. The molecule has 1 atom stereocenters. The van der Waals surface area contributed by atoms with E-state index >= 15 is 0 Å². The van der Waals surface area contributed by atoms with Crippen LogP contribution in [0.25, 0.3) is 0 Å². The number of benzene rings is 2. The van der Waals surface area contributed by atoms with Gasteiger partial charge in [0.05, 0.1) is 18.6 Å². The standard InChI is InChI=1S/C20H19ClF4N2O4S/c1-31-17-7-4-13(21)9-18(17)32(29,30)27-8-2-3-12(11-27)19(28)26-14-5-6-16(22)15(10-14)20(23,24)25/h4-7,9-10,12H,2-3,8,11H2,1H3,(H,26,28)/t12-/m0/s1. The van der Waals surface area contributed by atoms with E-state index in [0.717, 1.165) is 10.4 Å². The highest BCUT2D eigenvalue weighted by molar-refractivity contribution is 7.89. The van der Waals surface area contributed by atoms with E-state index < -0.39 is 39.4 Å². The second kappa shape index (κ2) is 9.24. The number of alkyl halides is 3. The molecule has 2 aromatic carbocycles. The van der Waals surface area contributed by atoms with Crippen LogP contribution in [0.2, 0.25) is 5.02 Å². The van der Waals surface area contributed by atoms with Crippen molar-refractivity contribution in [1.82, 2.24) is 4.31 Å². The van der Waals surface area contributed by atoms with Crippen molar-refractivity contribution in [3.63, 3.8) is 0 Å². The largest absolute Gasteiger partial charge is 0.495 e. The number of sulfonamides is 1. The minimum Gasteiger partial charge on any atom is -0.495 e. The monoisotopic (exact) mass is 494 g/mol. The molecule has 0 unspecified atom stereocenters. The Kier molecular flexibility index (Phi) is 7.01. The molecule has 0 aliphatic carbocycles. The Labute approximate surface area is 187 Å². The Balaban J connectivity index is 1.79. The van der Waals surface area contributed by atoms with Gasteiger partial charge in [-0.15, -0.1) is 0 Å². The maximum absolute atomic E-state index is 13.5. The first-order valence-electron chi connectivity index (χ1n) is 9.45. The fraction of sp³-hybridized carbons (Fsp3) is 0.350. The summed E-state index contributed by atoms with van der Waals surface area (Å²) in [6.07, 6.45) is -4.23. The van der Waals surface area contributed by atoms with Gasteiger partial charge in [0.15, 0.2) is 0 Å². The molecular weight excluding hydrogens is 476 g/mol. The first-order chi connectivity index (χ1) is 14.9. The average molecular weight is 495 g/mol. The molecule has 174 valence electrons. The minimum atomic E-state index is -4.92. The lowest BCUT2D eigenvalue weighted by atomic mass is 9.98. The molecule has 0 aromatic heterocycles. The average Bonchev–Trinajstić information content (AvgIpc) is 2.74. The van der Waals surface area contributed by atoms with Gasteiger partial charge in [-0.3, -0.25) is 4.79 Å². The SMILES string of the molecule is COc1ccc(Cl)cc1S(=O)(=O)N1CCC[C@H](C(=O)Nc2ccc(F)c(C(F)(F)F)c2)C1. The molecule has 1 saturated heterocycles. The number of piperidine rings is 1. The van der Waals surface area contributed by atoms with Crippen molar-refractivity contribution in [3.8, 4) is 5.75 Å². The van der Waals surface area contributed by atoms with Crippen LogP contribution in [-0.2, 0) is 21.0 Å². The number of methoxy groups -OCH3 is 1. The first-order valence-corrected chi connectivity index (χ1v) is 11.3. The number of ether oxygens (including phenoxy) is 1. The van der Waals surface area contributed by atoms with Crippen molar-refractivity contribution in [2.75, 3.05) is 25.5 Å². The number of hydrogen-bond donors (Lipinski definition) is 1. The highest BCUT2D eigenvalue weighted by atomic mass is 35.5. The highest BCUT2D eigenvalue weighted by Gasteiger charge is 2.36. The summed E-state index contributed by atoms with van der Waals surface area (Å²) in [5, 5.41) is 2.51. The zero-order chi connectivity index (χ0) is 23.7. The summed E-state index contributed by atoms with van der Waals surface area (Å²) >= 11 is 5.93. The molecule has 1 fully saturated rings. The van der Waals surface area contributed by atoms with E-state index in [0.29, 0.717) is 25.0 Å². The number of nitrogens with zero attached hydrogens (tertiary/aromatic N) is 1. The van der Waals surface area contributed by atoms with Crippen molar-refractivity contribution in [1.29, 1.82) is 0 Å². The van der Waals surface area contributed by atoms with Crippen molar-refractivity contribution >= 4 is 33.2 Å². The zero-order valence-electron chi connectivity index (χ0n) is 16.7. The fourth-order valence-electron chi connectivity index (χ4n) is 3.43. The van der Waals surface area contributed by atoms with Crippen LogP contribution in [0.1, 0.15) is 18.4 Å². The number of halogens is 5. The van der Waals surface area contributed by atoms with Crippen LogP contribution < -0.4 is 10.1 Å². The summed E-state index contributed by atoms with van der Waals surface area (Å²) in [6.45, 7) is -0.0340. The number of nitrogens with one attached hydrogen (secondary N) is 1. The number of anilines is 1. The van der Waals surface area contributed by atoms with Gasteiger partial charge < -0.3 is 10.1 Å². The fourth-order valence-corrected chi connectivity index (χ4v) is 5.37. The third kappa shape index (κ3) is 5.16. The Morgan fingerprint density at radius 2 is 1.94 bits per heavy atom. The molecule has 2 aromatic rings. The Morgan fingerprint density at radius 3 is 2.59 bits per heavy atom. The van der Waals surface area contributed by atoms with E-state index in [9.17, 15) is 30.8 Å². The van der Waals surface area contributed by atoms with Crippen LogP contribution in [0.5, 0.6) is 5.75 Å². The van der Waals surface area contributed by atoms with Crippen molar-refractivity contribution in [2.24, 2.45) is 5.92 Å². The second-order valence-electron chi connectivity index (χ2n) is 7.18. The van der Waals surface area contributed by atoms with Crippen LogP contribution in [0.3, 0.4) is 0 Å². The third-order valence-electron chi connectivity index (χ3n) is 5.04. The van der Waals surface area contributed by atoms with Gasteiger partial charge in [0.2, 0.25) is 15.9 Å². The van der Waals surface area contributed by atoms with E-state index in [1.807, 2.05) is 0 Å². The molecule has 1 N–H and O–H groups in total.